The van der Waals surface area contributed by atoms with Gasteiger partial charge >= 0.3 is 0 Å². The van der Waals surface area contributed by atoms with Crippen molar-refractivity contribution < 1.29 is 5.11 Å². The largest absolute Gasteiger partial charge is 0.388 e. The van der Waals surface area contributed by atoms with Gasteiger partial charge in [-0.25, -0.2) is 0 Å². The molecule has 2 bridgehead atoms. The highest BCUT2D eigenvalue weighted by Gasteiger charge is 2.60. The molecule has 1 unspecified atom stereocenters. The first-order valence-corrected chi connectivity index (χ1v) is 9.49. The molecule has 0 amide bonds. The van der Waals surface area contributed by atoms with E-state index in [0.717, 1.165) is 12.0 Å². The van der Waals surface area contributed by atoms with E-state index in [2.05, 4.69) is 74.5 Å². The second-order valence-electron chi connectivity index (χ2n) is 8.29. The Balaban J connectivity index is 1.79. The lowest BCUT2D eigenvalue weighted by molar-refractivity contribution is -0.0318. The van der Waals surface area contributed by atoms with Crippen LogP contribution in [-0.4, -0.2) is 5.11 Å². The zero-order valence-electron chi connectivity index (χ0n) is 15.3. The predicted octanol–water partition coefficient (Wildman–Crippen LogP) is 5.58. The molecule has 6 rings (SSSR count). The van der Waals surface area contributed by atoms with Crippen molar-refractivity contribution in [2.45, 2.75) is 37.7 Å². The van der Waals surface area contributed by atoms with Gasteiger partial charge in [0.2, 0.25) is 0 Å². The molecule has 0 radical (unpaired) electrons. The maximum atomic E-state index is 11.5. The van der Waals surface area contributed by atoms with Crippen molar-refractivity contribution in [3.05, 3.63) is 107 Å². The Morgan fingerprint density at radius 2 is 1.27 bits per heavy atom. The van der Waals surface area contributed by atoms with Crippen LogP contribution in [0.15, 0.2) is 78.9 Å². The SMILES string of the molecule is CC12c3ccccc3C(CC1(C)[C@H](O)c1ccccc1)c1ccccc12. The Bertz CT molecular complexity index is 927. The van der Waals surface area contributed by atoms with Crippen LogP contribution < -0.4 is 0 Å². The van der Waals surface area contributed by atoms with Gasteiger partial charge in [0.05, 0.1) is 6.10 Å². The van der Waals surface area contributed by atoms with Crippen LogP contribution in [0.1, 0.15) is 60.1 Å². The highest BCUT2D eigenvalue weighted by molar-refractivity contribution is 5.61. The maximum absolute atomic E-state index is 11.5. The smallest absolute Gasteiger partial charge is 0.0855 e. The summed E-state index contributed by atoms with van der Waals surface area (Å²) in [7, 11) is 0. The first kappa shape index (κ1) is 15.8. The van der Waals surface area contributed by atoms with E-state index >= 15 is 0 Å². The quantitative estimate of drug-likeness (QED) is 0.645. The van der Waals surface area contributed by atoms with E-state index in [9.17, 15) is 5.11 Å². The van der Waals surface area contributed by atoms with E-state index in [1.165, 1.54) is 22.3 Å². The van der Waals surface area contributed by atoms with Crippen LogP contribution in [0.3, 0.4) is 0 Å². The monoisotopic (exact) mass is 340 g/mol. The second kappa shape index (κ2) is 5.31. The highest BCUT2D eigenvalue weighted by Crippen LogP contribution is 2.67. The Hall–Kier alpha value is -2.38. The number of fused-ring (bicyclic) bond motifs is 1. The minimum atomic E-state index is -0.502. The molecule has 1 nitrogen and oxygen atoms in total. The third kappa shape index (κ3) is 1.79. The molecule has 0 saturated carbocycles. The van der Waals surface area contributed by atoms with Crippen LogP contribution in [-0.2, 0) is 5.41 Å². The molecule has 0 saturated heterocycles. The summed E-state index contributed by atoms with van der Waals surface area (Å²) in [6.07, 6.45) is 0.464. The first-order chi connectivity index (χ1) is 12.6. The minimum absolute atomic E-state index is 0.218. The normalized spacial score (nSPS) is 29.7. The van der Waals surface area contributed by atoms with Crippen LogP contribution in [0, 0.1) is 5.41 Å². The summed E-state index contributed by atoms with van der Waals surface area (Å²) < 4.78 is 0. The number of aliphatic hydroxyl groups excluding tert-OH is 1. The van der Waals surface area contributed by atoms with Crippen molar-refractivity contribution >= 4 is 0 Å². The summed E-state index contributed by atoms with van der Waals surface area (Å²) in [6, 6.07) is 27.8. The number of rotatable bonds is 2. The molecule has 0 fully saturated rings. The van der Waals surface area contributed by atoms with E-state index in [0.29, 0.717) is 5.92 Å². The van der Waals surface area contributed by atoms with Crippen molar-refractivity contribution in [3.8, 4) is 0 Å². The molecule has 3 aromatic rings. The average Bonchev–Trinajstić information content (AvgIpc) is 2.70. The van der Waals surface area contributed by atoms with Crippen molar-refractivity contribution in [1.82, 2.24) is 0 Å². The molecule has 130 valence electrons. The molecule has 0 heterocycles. The highest BCUT2D eigenvalue weighted by atomic mass is 16.3. The summed E-state index contributed by atoms with van der Waals surface area (Å²) in [5, 5.41) is 11.5. The van der Waals surface area contributed by atoms with Gasteiger partial charge in [0, 0.05) is 16.7 Å². The Morgan fingerprint density at radius 1 is 0.769 bits per heavy atom. The first-order valence-electron chi connectivity index (χ1n) is 9.49. The molecular formula is C25H24O. The van der Waals surface area contributed by atoms with Crippen molar-refractivity contribution in [1.29, 1.82) is 0 Å². The van der Waals surface area contributed by atoms with Gasteiger partial charge in [0.15, 0.2) is 0 Å². The van der Waals surface area contributed by atoms with Crippen LogP contribution in [0.4, 0.5) is 0 Å². The van der Waals surface area contributed by atoms with Crippen LogP contribution in [0.2, 0.25) is 0 Å². The summed E-state index contributed by atoms with van der Waals surface area (Å²) in [5.41, 5.74) is 6.17. The summed E-state index contributed by atoms with van der Waals surface area (Å²) in [5.74, 6) is 0.354. The van der Waals surface area contributed by atoms with Gasteiger partial charge in [-0.05, 0) is 34.2 Å². The van der Waals surface area contributed by atoms with Crippen LogP contribution >= 0.6 is 0 Å². The molecule has 3 aromatic carbocycles. The van der Waals surface area contributed by atoms with Gasteiger partial charge in [-0.2, -0.15) is 0 Å². The van der Waals surface area contributed by atoms with E-state index in [1.807, 2.05) is 18.2 Å². The summed E-state index contributed by atoms with van der Waals surface area (Å²) in [4.78, 5) is 0. The fourth-order valence-corrected chi connectivity index (χ4v) is 5.68. The van der Waals surface area contributed by atoms with Crippen molar-refractivity contribution in [2.24, 2.45) is 5.41 Å². The van der Waals surface area contributed by atoms with Gasteiger partial charge in [-0.3, -0.25) is 0 Å². The van der Waals surface area contributed by atoms with Gasteiger partial charge in [0.1, 0.15) is 0 Å². The predicted molar refractivity (Wildman–Crippen MR) is 105 cm³/mol. The van der Waals surface area contributed by atoms with E-state index in [4.69, 9.17) is 0 Å². The minimum Gasteiger partial charge on any atom is -0.388 e. The fraction of sp³-hybridized carbons (Fsp3) is 0.280. The van der Waals surface area contributed by atoms with Crippen molar-refractivity contribution in [2.75, 3.05) is 0 Å². The summed E-state index contributed by atoms with van der Waals surface area (Å²) in [6.45, 7) is 4.62. The molecule has 1 N–H and O–H groups in total. The van der Waals surface area contributed by atoms with Gasteiger partial charge in [-0.1, -0.05) is 92.7 Å². The maximum Gasteiger partial charge on any atom is 0.0855 e. The molecule has 3 aliphatic carbocycles. The Labute approximate surface area is 155 Å². The number of aliphatic hydroxyl groups is 1. The molecule has 3 aliphatic rings. The van der Waals surface area contributed by atoms with Crippen LogP contribution in [0.5, 0.6) is 0 Å². The Morgan fingerprint density at radius 3 is 1.85 bits per heavy atom. The van der Waals surface area contributed by atoms with Crippen molar-refractivity contribution in [3.63, 3.8) is 0 Å². The van der Waals surface area contributed by atoms with E-state index in [-0.39, 0.29) is 10.8 Å². The average molecular weight is 340 g/mol. The molecule has 26 heavy (non-hydrogen) atoms. The summed E-state index contributed by atoms with van der Waals surface area (Å²) >= 11 is 0. The second-order valence-corrected chi connectivity index (χ2v) is 8.29. The number of benzene rings is 3. The van der Waals surface area contributed by atoms with Gasteiger partial charge in [-0.15, -0.1) is 0 Å². The number of hydrogen-bond acceptors (Lipinski definition) is 1. The third-order valence-electron chi connectivity index (χ3n) is 7.24. The van der Waals surface area contributed by atoms with E-state index in [1.54, 1.807) is 0 Å². The Kier molecular flexibility index (Phi) is 3.24. The molecule has 1 heteroatoms. The standard InChI is InChI=1S/C25H24O/c1-24(23(26)17-10-4-3-5-11-17)16-20-18-12-6-8-14-21(18)25(24,2)22-15-9-7-13-19(20)22/h3-15,20,23,26H,16H2,1-2H3/t20?,23-,24?,25?/m1/s1. The zero-order valence-corrected chi connectivity index (χ0v) is 15.3. The third-order valence-corrected chi connectivity index (χ3v) is 7.24. The lowest BCUT2D eigenvalue weighted by atomic mass is 9.43. The molecule has 2 atom stereocenters. The van der Waals surface area contributed by atoms with E-state index < -0.39 is 6.10 Å². The van der Waals surface area contributed by atoms with Gasteiger partial charge in [0.25, 0.3) is 0 Å². The molecule has 0 spiro atoms. The zero-order chi connectivity index (χ0) is 17.9. The van der Waals surface area contributed by atoms with Gasteiger partial charge < -0.3 is 5.11 Å². The topological polar surface area (TPSA) is 20.2 Å². The molecule has 0 aromatic heterocycles. The lowest BCUT2D eigenvalue weighted by Gasteiger charge is -2.60. The lowest BCUT2D eigenvalue weighted by Crippen LogP contribution is -2.54. The number of hydrogen-bond donors (Lipinski definition) is 1. The molecule has 0 aliphatic heterocycles. The van der Waals surface area contributed by atoms with Crippen LogP contribution in [0.25, 0.3) is 0 Å². The molecular weight excluding hydrogens is 316 g/mol. The fourth-order valence-electron chi connectivity index (χ4n) is 5.68.